The quantitative estimate of drug-likeness (QED) is 0.0297. The highest BCUT2D eigenvalue weighted by atomic mass is 16.3. The fourth-order valence-electron chi connectivity index (χ4n) is 11.7. The van der Waals surface area contributed by atoms with E-state index in [2.05, 4.69) is 131 Å². The number of benzene rings is 9. The molecule has 8 heterocycles. The zero-order valence-corrected chi connectivity index (χ0v) is 79.6. The number of rotatable bonds is 21. The molecule has 134 heavy (non-hydrogen) atoms. The second-order valence-electron chi connectivity index (χ2n) is 28.7. The summed E-state index contributed by atoms with van der Waals surface area (Å²) in [6.45, 7) is 7.36. The van der Waals surface area contributed by atoms with Crippen LogP contribution in [0.1, 0.15) is 45.2 Å². The summed E-state index contributed by atoms with van der Waals surface area (Å²) in [5.41, 5.74) is 22.0. The number of hydrogen-bond donors (Lipinski definition) is 21. The first-order chi connectivity index (χ1) is 65.2. The van der Waals surface area contributed by atoms with Gasteiger partial charge in [-0.15, -0.1) is 0 Å². The van der Waals surface area contributed by atoms with Crippen LogP contribution in [0, 0.1) is 13.8 Å². The van der Waals surface area contributed by atoms with Crippen molar-refractivity contribution in [3.63, 3.8) is 0 Å². The smallest absolute Gasteiger partial charge is 0.203 e. The molecule has 17 rings (SSSR count). The van der Waals surface area contributed by atoms with Gasteiger partial charge in [-0.05, 0) is 265 Å². The number of para-hydroxylation sites is 4. The molecular formula is C103H135N25O6. The van der Waals surface area contributed by atoms with Crippen molar-refractivity contribution >= 4 is 84.5 Å². The molecule has 0 bridgehead atoms. The molecule has 0 unspecified atom stereocenters. The van der Waals surface area contributed by atoms with E-state index < -0.39 is 0 Å². The molecule has 0 atom stereocenters. The van der Waals surface area contributed by atoms with Crippen LogP contribution in [0.4, 0.5) is 51.4 Å². The molecule has 17 aromatic rings. The monoisotopic (exact) mass is 1820 g/mol. The van der Waals surface area contributed by atoms with Gasteiger partial charge in [-0.2, -0.15) is 0 Å². The molecule has 31 heteroatoms. The van der Waals surface area contributed by atoms with E-state index in [0.717, 1.165) is 146 Å². The highest BCUT2D eigenvalue weighted by Crippen LogP contribution is 2.24. The first-order valence-electron chi connectivity index (χ1n) is 43.3. The van der Waals surface area contributed by atoms with Crippen molar-refractivity contribution in [1.29, 1.82) is 0 Å². The number of aromatic hydroxyl groups is 4. The number of phenolic OH excluding ortho intramolecular Hbond substituents is 3. The predicted octanol–water partition coefficient (Wildman–Crippen LogP) is 17.1. The minimum absolute atomic E-state index is 0.131. The van der Waals surface area contributed by atoms with Gasteiger partial charge >= 0.3 is 0 Å². The van der Waals surface area contributed by atoms with Crippen LogP contribution in [0.15, 0.2) is 317 Å². The molecule has 0 aliphatic heterocycles. The Balaban J connectivity index is 0.000000257. The Morgan fingerprint density at radius 3 is 1.40 bits per heavy atom. The van der Waals surface area contributed by atoms with E-state index in [0.29, 0.717) is 22.8 Å². The van der Waals surface area contributed by atoms with Crippen molar-refractivity contribution < 1.29 is 30.6 Å². The average Bonchev–Trinajstić information content (AvgIpc) is 1.73. The number of aryl methyl sites for hydroxylation is 3. The van der Waals surface area contributed by atoms with Gasteiger partial charge in [0.25, 0.3) is 0 Å². The van der Waals surface area contributed by atoms with Crippen LogP contribution in [0.5, 0.6) is 23.0 Å². The summed E-state index contributed by atoms with van der Waals surface area (Å²) in [6, 6.07) is 80.4. The van der Waals surface area contributed by atoms with E-state index in [1.807, 2.05) is 315 Å². The molecule has 0 saturated heterocycles. The summed E-state index contributed by atoms with van der Waals surface area (Å²) in [4.78, 5) is 39.3. The second kappa shape index (κ2) is 65.0. The largest absolute Gasteiger partial charge is 0.508 e. The van der Waals surface area contributed by atoms with Crippen molar-refractivity contribution in [3.8, 4) is 28.7 Å². The lowest BCUT2D eigenvalue weighted by atomic mass is 10.1. The predicted molar refractivity (Wildman–Crippen MR) is 555 cm³/mol. The number of nitrogens with one attached hydrogen (secondary N) is 15. The number of hydrogen-bond acceptors (Lipinski definition) is 27. The fraction of sp³-hybridized carbons (Fsp3) is 0.223. The van der Waals surface area contributed by atoms with Crippen LogP contribution in [0.25, 0.3) is 38.8 Å². The number of fused-ring (bicyclic) bond motifs is 3. The highest BCUT2D eigenvalue weighted by molar-refractivity contribution is 5.80. The molecule has 0 spiro atoms. The lowest BCUT2D eigenvalue weighted by Crippen LogP contribution is -2.06. The number of imidazole rings is 4. The van der Waals surface area contributed by atoms with Gasteiger partial charge in [0.2, 0.25) is 5.95 Å². The molecule has 0 aliphatic rings. The molecule has 0 radical (unpaired) electrons. The molecule has 0 aliphatic carbocycles. The number of aromatic amines is 2. The summed E-state index contributed by atoms with van der Waals surface area (Å²) < 4.78 is 4.01. The Morgan fingerprint density at radius 1 is 0.351 bits per heavy atom. The van der Waals surface area contributed by atoms with Crippen LogP contribution >= 0.6 is 0 Å². The van der Waals surface area contributed by atoms with Gasteiger partial charge in [0.1, 0.15) is 34.6 Å². The third kappa shape index (κ3) is 42.3. The van der Waals surface area contributed by atoms with E-state index in [1.54, 1.807) is 111 Å². The first-order valence-corrected chi connectivity index (χ1v) is 43.3. The van der Waals surface area contributed by atoms with E-state index >= 15 is 0 Å². The molecule has 21 N–H and O–H groups in total. The summed E-state index contributed by atoms with van der Waals surface area (Å²) in [5.74, 6) is 3.91. The zero-order chi connectivity index (χ0) is 97.3. The van der Waals surface area contributed by atoms with Crippen molar-refractivity contribution in [2.75, 3.05) is 146 Å². The van der Waals surface area contributed by atoms with E-state index in [4.69, 9.17) is 30.6 Å². The lowest BCUT2D eigenvalue weighted by Gasteiger charge is -2.03. The summed E-state index contributed by atoms with van der Waals surface area (Å²) in [6.07, 6.45) is 18.8. The molecule has 0 saturated carbocycles. The molecule has 31 nitrogen and oxygen atoms in total. The molecule has 9 aromatic carbocycles. The minimum atomic E-state index is -0.138. The Kier molecular flexibility index (Phi) is 52.8. The van der Waals surface area contributed by atoms with Crippen molar-refractivity contribution in [1.82, 2.24) is 80.2 Å². The number of phenols is 4. The number of H-pyrrole nitrogens is 2. The maximum atomic E-state index is 9.14. The van der Waals surface area contributed by atoms with Gasteiger partial charge in [0, 0.05) is 215 Å². The van der Waals surface area contributed by atoms with Crippen LogP contribution in [0.3, 0.4) is 0 Å². The van der Waals surface area contributed by atoms with Gasteiger partial charge in [0.05, 0.1) is 58.3 Å². The van der Waals surface area contributed by atoms with Gasteiger partial charge in [0.15, 0.2) is 0 Å². The topological polar surface area (TPSA) is 422 Å². The molecule has 708 valence electrons. The van der Waals surface area contributed by atoms with Crippen molar-refractivity contribution in [3.05, 3.63) is 362 Å². The first kappa shape index (κ1) is 109. The Morgan fingerprint density at radius 2 is 0.881 bits per heavy atom. The standard InChI is InChI=1S/C10H11N3.3C9H11N3.C9H13NO.C8H11NO2.C8H11NO.3C7H10N2.2C7H9NO.C6H8N2/c1-11-9-2-4-10(5-3-9)13-7-6-12-8-13;1-6-11-8-4-3-7(10-2)5-9(8)12-6;1-10-9-11-7-5-3-4-6-8(7)12(9)2;1-10-6-9-11-7-4-2-3-5-8(7)12-9;1-10-9-4-2-8(3-5-9)6-7-11;1-9-7-2-3-8(11)6(4-7)5-10;1-6-5-7(9-2)3-4-8(6)10;1-8-6-7-2-4-9-5-3-7;1-8-5-7-3-2-4-9-6-7;1-8-6-7-4-2-3-5-9-7;1-8-6-2-4-7(9)5-3-6;1-8-6-3-2-4-7(9)5-6;1-7-6-2-4-8-5-3-6/h2-8,11H,1H3;3-5,10H,1-2H3,(H,11,12);3-6H,1-2H3,(H,10,11);2-5,10H,6H2,1H3,(H,11,12);2-5,10-11H,6-7H2,1H3;2-4,9-11H,5H2,1H3;3-5,9-10H,1-2H3;2-5,8H,6H2,1H3;2-4,6,8H,5H2,1H3;2-5,8H,6H2,1H3;2*2-5,8-9H,1H3;2-5H,1H3,(H,7,8). The Labute approximate surface area is 788 Å². The number of aliphatic hydroxyl groups is 2. The number of anilines is 9. The van der Waals surface area contributed by atoms with Gasteiger partial charge in [-0.25, -0.2) is 19.9 Å². The second-order valence-corrected chi connectivity index (χ2v) is 28.7. The minimum Gasteiger partial charge on any atom is -0.508 e. The Hall–Kier alpha value is -15.6. The maximum Gasteiger partial charge on any atom is 0.203 e. The van der Waals surface area contributed by atoms with Gasteiger partial charge in [-0.3, -0.25) is 19.9 Å². The summed E-state index contributed by atoms with van der Waals surface area (Å²) >= 11 is 0. The van der Waals surface area contributed by atoms with Crippen molar-refractivity contribution in [2.24, 2.45) is 7.05 Å². The molecule has 8 aromatic heterocycles. The Bertz CT molecular complexity index is 5750. The van der Waals surface area contributed by atoms with E-state index in [-0.39, 0.29) is 19.0 Å². The number of aromatic nitrogens is 12. The third-order valence-electron chi connectivity index (χ3n) is 18.9. The number of pyridine rings is 4. The number of nitrogens with zero attached hydrogens (tertiary/aromatic N) is 10. The normalized spacial score (nSPS) is 9.72. The average molecular weight is 1820 g/mol. The summed E-state index contributed by atoms with van der Waals surface area (Å²) in [5, 5.41) is 92.5. The molecular weight excluding hydrogens is 1680 g/mol. The van der Waals surface area contributed by atoms with E-state index in [1.165, 1.54) is 16.7 Å². The van der Waals surface area contributed by atoms with Gasteiger partial charge < -0.3 is 119 Å². The van der Waals surface area contributed by atoms with Gasteiger partial charge in [-0.1, -0.05) is 54.6 Å². The van der Waals surface area contributed by atoms with Crippen LogP contribution in [-0.4, -0.2) is 188 Å². The number of aliphatic hydroxyl groups excluding tert-OH is 2. The van der Waals surface area contributed by atoms with Crippen molar-refractivity contribution in [2.45, 2.75) is 53.1 Å². The lowest BCUT2D eigenvalue weighted by molar-refractivity contribution is 0.275. The molecule has 0 fully saturated rings. The van der Waals surface area contributed by atoms with Crippen LogP contribution in [0.2, 0.25) is 0 Å². The molecule has 0 amide bonds. The zero-order valence-electron chi connectivity index (χ0n) is 79.6. The fourth-order valence-corrected chi connectivity index (χ4v) is 11.7. The maximum absolute atomic E-state index is 9.14. The van der Waals surface area contributed by atoms with E-state index in [9.17, 15) is 0 Å². The SMILES string of the molecule is CNCc1ccccn1.CNCc1cccnc1.CNCc1ccncc1.CNCc1nc2ccccc2[nH]1.CNc1ccc(-n2ccnc2)cc1.CNc1ccc(CCO)cc1.CNc1ccc(O)c(C)c1.CNc1ccc(O)c(CO)c1.CNc1ccc(O)cc1.CNc1ccc2nc(C)[nH]c2c1.CNc1cccc(O)c1.CNc1ccncc1.CNc1nc2ccccc2n1C. The van der Waals surface area contributed by atoms with Crippen LogP contribution < -0.4 is 69.1 Å². The highest BCUT2D eigenvalue weighted by Gasteiger charge is 2.06. The summed E-state index contributed by atoms with van der Waals surface area (Å²) in [7, 11) is 26.4. The third-order valence-corrected chi connectivity index (χ3v) is 18.9. The van der Waals surface area contributed by atoms with Crippen LogP contribution in [-0.2, 0) is 46.3 Å².